The lowest BCUT2D eigenvalue weighted by molar-refractivity contribution is -0.0454. The summed E-state index contributed by atoms with van der Waals surface area (Å²) in [5.41, 5.74) is 4.61. The van der Waals surface area contributed by atoms with Crippen LogP contribution < -0.4 is 0 Å². The van der Waals surface area contributed by atoms with Gasteiger partial charge in [-0.15, -0.1) is 0 Å². The van der Waals surface area contributed by atoms with Crippen LogP contribution in [0.5, 0.6) is 0 Å². The molecule has 0 radical (unpaired) electrons. The average molecular weight is 439 g/mol. The maximum atomic E-state index is 13.2. The largest absolute Gasteiger partial charge is 0.297 e. The predicted octanol–water partition coefficient (Wildman–Crippen LogP) is 5.89. The third-order valence-corrected chi connectivity index (χ3v) is 11.4. The fourth-order valence-corrected chi connectivity index (χ4v) is 10.5. The summed E-state index contributed by atoms with van der Waals surface area (Å²) in [6.45, 7) is 1.98. The Morgan fingerprint density at radius 3 is 1.94 bits per heavy atom. The first-order chi connectivity index (χ1) is 14.9. The molecule has 166 valence electrons. The molecule has 8 aliphatic rings. The van der Waals surface area contributed by atoms with E-state index in [4.69, 9.17) is 4.18 Å². The minimum Gasteiger partial charge on any atom is -0.262 e. The van der Waals surface area contributed by atoms with Crippen LogP contribution in [0.4, 0.5) is 0 Å². The molecule has 8 saturated carbocycles. The Morgan fingerprint density at radius 2 is 1.29 bits per heavy atom. The lowest BCUT2D eigenvalue weighted by Gasteiger charge is -2.59. The van der Waals surface area contributed by atoms with Crippen molar-refractivity contribution in [3.63, 3.8) is 0 Å². The van der Waals surface area contributed by atoms with E-state index in [1.807, 2.05) is 24.6 Å². The Balaban J connectivity index is 1.25. The summed E-state index contributed by atoms with van der Waals surface area (Å²) in [5, 5.41) is 0. The van der Waals surface area contributed by atoms with Crippen LogP contribution in [0.2, 0.25) is 0 Å². The monoisotopic (exact) mass is 438 g/mol. The van der Waals surface area contributed by atoms with Crippen LogP contribution in [0.1, 0.15) is 63.4 Å². The van der Waals surface area contributed by atoms with Crippen LogP contribution >= 0.6 is 0 Å². The first-order valence-electron chi connectivity index (χ1n) is 12.7. The zero-order valence-corrected chi connectivity index (χ0v) is 19.3. The van der Waals surface area contributed by atoms with Gasteiger partial charge in [0.15, 0.2) is 0 Å². The minimum absolute atomic E-state index is 0.140. The van der Waals surface area contributed by atoms with Crippen molar-refractivity contribution in [1.29, 1.82) is 0 Å². The molecule has 0 spiro atoms. The number of aryl methyl sites for hydroxylation is 1. The van der Waals surface area contributed by atoms with Crippen LogP contribution in [0.3, 0.4) is 0 Å². The van der Waals surface area contributed by atoms with E-state index in [1.165, 1.54) is 44.9 Å². The van der Waals surface area contributed by atoms with Gasteiger partial charge in [-0.3, -0.25) is 4.18 Å². The van der Waals surface area contributed by atoms with E-state index in [-0.39, 0.29) is 6.10 Å². The molecule has 0 N–H and O–H groups in total. The smallest absolute Gasteiger partial charge is 0.262 e. The second-order valence-electron chi connectivity index (χ2n) is 11.9. The maximum absolute atomic E-state index is 13.2. The average Bonchev–Trinajstić information content (AvgIpc) is 2.71. The molecule has 0 saturated heterocycles. The number of allylic oxidation sites excluding steroid dienone is 1. The van der Waals surface area contributed by atoms with Gasteiger partial charge in [0.05, 0.1) is 11.0 Å². The van der Waals surface area contributed by atoms with Gasteiger partial charge in [0.2, 0.25) is 0 Å². The van der Waals surface area contributed by atoms with Crippen LogP contribution in [-0.2, 0) is 14.3 Å². The Labute approximate surface area is 186 Å². The molecule has 8 fully saturated rings. The highest BCUT2D eigenvalue weighted by Gasteiger charge is 2.56. The third-order valence-electron chi connectivity index (χ3n) is 10.0. The molecule has 4 heteroatoms. The highest BCUT2D eigenvalue weighted by molar-refractivity contribution is 7.86. The number of hydrogen-bond donors (Lipinski definition) is 0. The highest BCUT2D eigenvalue weighted by atomic mass is 32.2. The van der Waals surface area contributed by atoms with Crippen molar-refractivity contribution in [2.75, 3.05) is 0 Å². The molecule has 8 bridgehead atoms. The van der Waals surface area contributed by atoms with Gasteiger partial charge in [0, 0.05) is 5.92 Å². The van der Waals surface area contributed by atoms with Crippen molar-refractivity contribution < 1.29 is 12.6 Å². The number of benzene rings is 1. The SMILES string of the molecule is Cc1ccc(S(=O)(=O)OC2[C@@H]3C[C@H]4C[C@@H](C3)C(=C3C5CC6CC(C5)CC3C6)[C@@H]2C4)cc1. The zero-order chi connectivity index (χ0) is 20.9. The summed E-state index contributed by atoms with van der Waals surface area (Å²) >= 11 is 0. The molecule has 0 aromatic heterocycles. The molecular weight excluding hydrogens is 404 g/mol. The second kappa shape index (κ2) is 6.70. The molecule has 0 aliphatic heterocycles. The van der Waals surface area contributed by atoms with Crippen molar-refractivity contribution >= 4 is 10.1 Å². The van der Waals surface area contributed by atoms with Gasteiger partial charge < -0.3 is 0 Å². The second-order valence-corrected chi connectivity index (χ2v) is 13.5. The molecule has 0 amide bonds. The van der Waals surface area contributed by atoms with Crippen molar-refractivity contribution in [2.24, 2.45) is 47.3 Å². The van der Waals surface area contributed by atoms with Crippen LogP contribution in [-0.4, -0.2) is 14.5 Å². The summed E-state index contributed by atoms with van der Waals surface area (Å²) in [5.74, 6) is 5.83. The lowest BCUT2D eigenvalue weighted by atomic mass is 9.47. The highest BCUT2D eigenvalue weighted by Crippen LogP contribution is 2.64. The van der Waals surface area contributed by atoms with E-state index in [1.54, 1.807) is 17.7 Å². The molecule has 0 heterocycles. The Morgan fingerprint density at radius 1 is 0.710 bits per heavy atom. The normalized spacial score (nSPS) is 45.0. The Bertz CT molecular complexity index is 1010. The summed E-state index contributed by atoms with van der Waals surface area (Å²) in [6, 6.07) is 7.15. The maximum Gasteiger partial charge on any atom is 0.297 e. The molecular formula is C27H34O3S. The summed E-state index contributed by atoms with van der Waals surface area (Å²) in [4.78, 5) is 0.315. The zero-order valence-electron chi connectivity index (χ0n) is 18.5. The molecule has 31 heavy (non-hydrogen) atoms. The van der Waals surface area contributed by atoms with Gasteiger partial charge in [0.1, 0.15) is 0 Å². The third kappa shape index (κ3) is 2.96. The summed E-state index contributed by atoms with van der Waals surface area (Å²) in [6.07, 6.45) is 11.8. The fraction of sp³-hybridized carbons (Fsp3) is 0.704. The molecule has 3 nitrogen and oxygen atoms in total. The quantitative estimate of drug-likeness (QED) is 0.437. The minimum atomic E-state index is -3.72. The first-order valence-corrected chi connectivity index (χ1v) is 14.1. The Hall–Kier alpha value is -1.13. The van der Waals surface area contributed by atoms with E-state index >= 15 is 0 Å². The van der Waals surface area contributed by atoms with E-state index in [0.717, 1.165) is 53.9 Å². The van der Waals surface area contributed by atoms with Gasteiger partial charge in [-0.2, -0.15) is 8.42 Å². The van der Waals surface area contributed by atoms with Crippen LogP contribution in [0.15, 0.2) is 40.3 Å². The van der Waals surface area contributed by atoms with Crippen LogP contribution in [0.25, 0.3) is 0 Å². The standard InChI is InChI=1S/C27H34O3S/c1-15-2-4-23(5-3-15)31(28,29)30-27-22-12-18-11-21(14-22)26(24(27)13-18)25-19-7-16-6-17(9-19)10-20(25)8-16/h2-5,16-22,24,27H,6-14H2,1H3/t16?,17?,18-,19?,20?,21+,22-,24+,27?/m1/s1. The summed E-state index contributed by atoms with van der Waals surface area (Å²) in [7, 11) is -3.72. The van der Waals surface area contributed by atoms with Crippen molar-refractivity contribution in [3.05, 3.63) is 41.0 Å². The van der Waals surface area contributed by atoms with Gasteiger partial charge in [-0.1, -0.05) is 28.8 Å². The molecule has 1 unspecified atom stereocenters. The Kier molecular flexibility index (Phi) is 4.18. The topological polar surface area (TPSA) is 43.4 Å². The van der Waals surface area contributed by atoms with E-state index < -0.39 is 10.1 Å². The van der Waals surface area contributed by atoms with Gasteiger partial charge in [-0.25, -0.2) is 0 Å². The predicted molar refractivity (Wildman–Crippen MR) is 120 cm³/mol. The van der Waals surface area contributed by atoms with E-state index in [2.05, 4.69) is 0 Å². The van der Waals surface area contributed by atoms with E-state index in [9.17, 15) is 8.42 Å². The van der Waals surface area contributed by atoms with Crippen LogP contribution in [0, 0.1) is 54.3 Å². The number of hydrogen-bond acceptors (Lipinski definition) is 3. The molecule has 5 atom stereocenters. The van der Waals surface area contributed by atoms with E-state index in [0.29, 0.717) is 16.7 Å². The van der Waals surface area contributed by atoms with Crippen molar-refractivity contribution in [2.45, 2.75) is 75.7 Å². The lowest BCUT2D eigenvalue weighted by Crippen LogP contribution is -2.53. The molecule has 1 aromatic carbocycles. The van der Waals surface area contributed by atoms with Crippen molar-refractivity contribution in [3.8, 4) is 0 Å². The van der Waals surface area contributed by atoms with Gasteiger partial charge in [-0.05, 0) is 118 Å². The van der Waals surface area contributed by atoms with Gasteiger partial charge >= 0.3 is 0 Å². The van der Waals surface area contributed by atoms with Crippen molar-refractivity contribution in [1.82, 2.24) is 0 Å². The number of rotatable bonds is 3. The van der Waals surface area contributed by atoms with Gasteiger partial charge in [0.25, 0.3) is 10.1 Å². The first kappa shape index (κ1) is 19.3. The summed E-state index contributed by atoms with van der Waals surface area (Å²) < 4.78 is 32.6. The molecule has 9 rings (SSSR count). The fourth-order valence-electron chi connectivity index (χ4n) is 9.29. The molecule has 1 aromatic rings. The molecule has 8 aliphatic carbocycles.